The second kappa shape index (κ2) is 10.0. The molecule has 1 aliphatic rings. The van der Waals surface area contributed by atoms with Gasteiger partial charge < -0.3 is 5.32 Å². The van der Waals surface area contributed by atoms with E-state index in [1.165, 1.54) is 12.8 Å². The van der Waals surface area contributed by atoms with Crippen molar-refractivity contribution in [3.8, 4) is 17.3 Å². The van der Waals surface area contributed by atoms with Crippen LogP contribution in [0.4, 0.5) is 17.3 Å². The number of nitrogens with one attached hydrogen (secondary N) is 2. The maximum atomic E-state index is 11.8. The van der Waals surface area contributed by atoms with Crippen molar-refractivity contribution in [1.82, 2.24) is 19.7 Å². The Hall–Kier alpha value is -3.45. The van der Waals surface area contributed by atoms with Crippen LogP contribution in [0.15, 0.2) is 48.9 Å². The van der Waals surface area contributed by atoms with Crippen molar-refractivity contribution in [3.63, 3.8) is 0 Å². The Balaban J connectivity index is 1.52. The fourth-order valence-corrected chi connectivity index (χ4v) is 4.81. The van der Waals surface area contributed by atoms with Crippen LogP contribution in [0.3, 0.4) is 0 Å². The van der Waals surface area contributed by atoms with E-state index in [1.54, 1.807) is 37.5 Å². The number of sulfonamides is 1. The molecule has 33 heavy (non-hydrogen) atoms. The number of hydrogen-bond donors (Lipinski definition) is 2. The van der Waals surface area contributed by atoms with Gasteiger partial charge in [-0.15, -0.1) is 0 Å². The normalized spacial score (nSPS) is 15.2. The molecule has 1 aromatic carbocycles. The number of aromatic nitrogens is 4. The molecular weight excluding hydrogens is 438 g/mol. The van der Waals surface area contributed by atoms with E-state index in [2.05, 4.69) is 31.2 Å². The molecule has 1 saturated carbocycles. The molecule has 2 N–H and O–H groups in total. The van der Waals surface area contributed by atoms with Gasteiger partial charge in [0.15, 0.2) is 0 Å². The molecule has 0 radical (unpaired) electrons. The van der Waals surface area contributed by atoms with Gasteiger partial charge in [-0.2, -0.15) is 10.4 Å². The monoisotopic (exact) mass is 465 g/mol. The van der Waals surface area contributed by atoms with Crippen molar-refractivity contribution in [3.05, 3.63) is 48.9 Å². The Bertz CT molecular complexity index is 1240. The molecule has 0 bridgehead atoms. The molecule has 3 aromatic rings. The van der Waals surface area contributed by atoms with Crippen molar-refractivity contribution in [2.75, 3.05) is 15.8 Å². The van der Waals surface area contributed by atoms with Gasteiger partial charge in [0, 0.05) is 23.6 Å². The molecule has 1 unspecified atom stereocenters. The zero-order valence-electron chi connectivity index (χ0n) is 18.5. The predicted molar refractivity (Wildman–Crippen MR) is 127 cm³/mol. The summed E-state index contributed by atoms with van der Waals surface area (Å²) in [6.45, 7) is 1.59. The lowest BCUT2D eigenvalue weighted by Crippen LogP contribution is -2.17. The van der Waals surface area contributed by atoms with Crippen LogP contribution in [0, 0.1) is 17.2 Å². The van der Waals surface area contributed by atoms with Crippen molar-refractivity contribution in [2.45, 2.75) is 45.1 Å². The first kappa shape index (κ1) is 22.7. The maximum Gasteiger partial charge on any atom is 0.232 e. The summed E-state index contributed by atoms with van der Waals surface area (Å²) >= 11 is 0. The standard InChI is InChI=1S/C23H27N7O2S/c1-2-33(31,32)29-20-9-5-8-19(14-20)27-23-25-13-11-21(28-23)18-15-26-30(16-18)22(10-12-24)17-6-3-4-7-17/h5,8-9,11,13-17,22,29H,2-4,6-7,10H2,1H3,(H,25,27,28). The molecule has 1 fully saturated rings. The summed E-state index contributed by atoms with van der Waals surface area (Å²) < 4.78 is 28.1. The van der Waals surface area contributed by atoms with Crippen LogP contribution in [0.25, 0.3) is 11.3 Å². The highest BCUT2D eigenvalue weighted by atomic mass is 32.2. The molecule has 4 rings (SSSR count). The van der Waals surface area contributed by atoms with Gasteiger partial charge in [0.25, 0.3) is 0 Å². The lowest BCUT2D eigenvalue weighted by molar-refractivity contribution is 0.315. The quantitative estimate of drug-likeness (QED) is 0.477. The van der Waals surface area contributed by atoms with Crippen LogP contribution < -0.4 is 10.0 Å². The Morgan fingerprint density at radius 2 is 2.03 bits per heavy atom. The van der Waals surface area contributed by atoms with Crippen molar-refractivity contribution < 1.29 is 8.42 Å². The largest absolute Gasteiger partial charge is 0.324 e. The molecule has 2 heterocycles. The maximum absolute atomic E-state index is 11.8. The first-order valence-corrected chi connectivity index (χ1v) is 12.7. The molecule has 0 saturated heterocycles. The predicted octanol–water partition coefficient (Wildman–Crippen LogP) is 4.49. The molecule has 1 atom stereocenters. The summed E-state index contributed by atoms with van der Waals surface area (Å²) in [4.78, 5) is 8.88. The molecule has 2 aromatic heterocycles. The van der Waals surface area contributed by atoms with Gasteiger partial charge in [0.1, 0.15) is 0 Å². The van der Waals surface area contributed by atoms with Gasteiger partial charge >= 0.3 is 0 Å². The lowest BCUT2D eigenvalue weighted by atomic mass is 9.96. The van der Waals surface area contributed by atoms with Crippen LogP contribution in [0.5, 0.6) is 0 Å². The van der Waals surface area contributed by atoms with Crippen LogP contribution >= 0.6 is 0 Å². The van der Waals surface area contributed by atoms with Crippen LogP contribution in [0.1, 0.15) is 45.1 Å². The molecule has 172 valence electrons. The van der Waals surface area contributed by atoms with E-state index in [-0.39, 0.29) is 11.8 Å². The third-order valence-electron chi connectivity index (χ3n) is 5.91. The molecule has 0 amide bonds. The first-order valence-electron chi connectivity index (χ1n) is 11.1. The molecule has 9 nitrogen and oxygen atoms in total. The molecular formula is C23H27N7O2S. The first-order chi connectivity index (χ1) is 16.0. The molecule has 10 heteroatoms. The second-order valence-electron chi connectivity index (χ2n) is 8.16. The summed E-state index contributed by atoms with van der Waals surface area (Å²) in [5, 5.41) is 17.0. The highest BCUT2D eigenvalue weighted by molar-refractivity contribution is 7.92. The van der Waals surface area contributed by atoms with E-state index < -0.39 is 10.0 Å². The minimum atomic E-state index is -3.36. The van der Waals surface area contributed by atoms with E-state index in [1.807, 2.05) is 23.0 Å². The van der Waals surface area contributed by atoms with Gasteiger partial charge in [0.05, 0.1) is 41.9 Å². The zero-order valence-corrected chi connectivity index (χ0v) is 19.3. The number of anilines is 3. The molecule has 0 aliphatic heterocycles. The Kier molecular flexibility index (Phi) is 6.89. The minimum absolute atomic E-state index is 0.000530. The Labute approximate surface area is 193 Å². The topological polar surface area (TPSA) is 126 Å². The van der Waals surface area contributed by atoms with Gasteiger partial charge in [-0.05, 0) is 49.9 Å². The summed E-state index contributed by atoms with van der Waals surface area (Å²) in [6.07, 6.45) is 10.5. The third kappa shape index (κ3) is 5.68. The third-order valence-corrected chi connectivity index (χ3v) is 7.22. The van der Waals surface area contributed by atoms with E-state index in [0.717, 1.165) is 18.4 Å². The average Bonchev–Trinajstić information content (AvgIpc) is 3.50. The summed E-state index contributed by atoms with van der Waals surface area (Å²) in [5.41, 5.74) is 2.69. The number of nitriles is 1. The smallest absolute Gasteiger partial charge is 0.232 e. The lowest BCUT2D eigenvalue weighted by Gasteiger charge is -2.21. The van der Waals surface area contributed by atoms with Crippen LogP contribution in [0.2, 0.25) is 0 Å². The van der Waals surface area contributed by atoms with Gasteiger partial charge in [0.2, 0.25) is 16.0 Å². The highest BCUT2D eigenvalue weighted by Crippen LogP contribution is 2.36. The van der Waals surface area contributed by atoms with E-state index >= 15 is 0 Å². The fraction of sp³-hybridized carbons (Fsp3) is 0.391. The van der Waals surface area contributed by atoms with Crippen LogP contribution in [-0.4, -0.2) is 33.9 Å². The number of rotatable bonds is 9. The van der Waals surface area contributed by atoms with Gasteiger partial charge in [-0.25, -0.2) is 18.4 Å². The molecule has 0 spiro atoms. The van der Waals surface area contributed by atoms with Crippen molar-refractivity contribution in [2.24, 2.45) is 5.92 Å². The Morgan fingerprint density at radius 1 is 1.24 bits per heavy atom. The second-order valence-corrected chi connectivity index (χ2v) is 10.2. The highest BCUT2D eigenvalue weighted by Gasteiger charge is 2.27. The van der Waals surface area contributed by atoms with Crippen LogP contribution in [-0.2, 0) is 10.0 Å². The molecule has 1 aliphatic carbocycles. The summed E-state index contributed by atoms with van der Waals surface area (Å²) in [6, 6.07) is 11.1. The Morgan fingerprint density at radius 3 is 2.79 bits per heavy atom. The van der Waals surface area contributed by atoms with Crippen molar-refractivity contribution >= 4 is 27.3 Å². The fourth-order valence-electron chi connectivity index (χ4n) is 4.18. The number of nitrogens with zero attached hydrogens (tertiary/aromatic N) is 5. The van der Waals surface area contributed by atoms with E-state index in [4.69, 9.17) is 0 Å². The van der Waals surface area contributed by atoms with Gasteiger partial charge in [-0.3, -0.25) is 9.40 Å². The summed E-state index contributed by atoms with van der Waals surface area (Å²) in [7, 11) is -3.36. The van der Waals surface area contributed by atoms with E-state index in [9.17, 15) is 13.7 Å². The van der Waals surface area contributed by atoms with Crippen molar-refractivity contribution in [1.29, 1.82) is 5.26 Å². The van der Waals surface area contributed by atoms with Gasteiger partial charge in [-0.1, -0.05) is 18.9 Å². The van der Waals surface area contributed by atoms with E-state index in [0.29, 0.717) is 35.4 Å². The minimum Gasteiger partial charge on any atom is -0.324 e. The number of benzene rings is 1. The zero-order chi connectivity index (χ0) is 23.3. The average molecular weight is 466 g/mol. The number of hydrogen-bond acceptors (Lipinski definition) is 7. The summed E-state index contributed by atoms with van der Waals surface area (Å²) in [5.74, 6) is 0.872. The SMILES string of the molecule is CCS(=O)(=O)Nc1cccc(Nc2nccc(-c3cnn(C(CC#N)C4CCCC4)c3)n2)c1.